The van der Waals surface area contributed by atoms with E-state index in [1.807, 2.05) is 42.5 Å². The number of nitrogens with one attached hydrogen (secondary N) is 1. The molecule has 2 unspecified atom stereocenters. The zero-order valence-electron chi connectivity index (χ0n) is 13.7. The summed E-state index contributed by atoms with van der Waals surface area (Å²) in [6, 6.07) is 11.5. The lowest BCUT2D eigenvalue weighted by Gasteiger charge is -2.28. The number of nitrogens with zero attached hydrogens (tertiary/aromatic N) is 1. The SMILES string of the molecule is O=C([O-])C1CC=CCC1C(=O)Nc1ccc(Cc2ccncc2)cc1. The molecule has 25 heavy (non-hydrogen) atoms. The van der Waals surface area contributed by atoms with Gasteiger partial charge in [0.1, 0.15) is 0 Å². The number of aromatic nitrogens is 1. The normalized spacial score (nSPS) is 19.4. The summed E-state index contributed by atoms with van der Waals surface area (Å²) < 4.78 is 0. The van der Waals surface area contributed by atoms with Crippen molar-refractivity contribution in [2.24, 2.45) is 11.8 Å². The average molecular weight is 335 g/mol. The minimum atomic E-state index is -1.17. The first kappa shape index (κ1) is 16.9. The van der Waals surface area contributed by atoms with E-state index in [1.165, 1.54) is 0 Å². The van der Waals surface area contributed by atoms with Crippen molar-refractivity contribution < 1.29 is 14.7 Å². The third kappa shape index (κ3) is 4.32. The van der Waals surface area contributed by atoms with E-state index in [2.05, 4.69) is 10.3 Å². The number of hydrogen-bond donors (Lipinski definition) is 1. The van der Waals surface area contributed by atoms with Gasteiger partial charge >= 0.3 is 0 Å². The molecule has 2 aromatic rings. The second kappa shape index (κ2) is 7.75. The van der Waals surface area contributed by atoms with Gasteiger partial charge in [0.15, 0.2) is 0 Å². The summed E-state index contributed by atoms with van der Waals surface area (Å²) in [5, 5.41) is 14.0. The number of allylic oxidation sites excluding steroid dienone is 2. The predicted octanol–water partition coefficient (Wildman–Crippen LogP) is 1.94. The van der Waals surface area contributed by atoms with Gasteiger partial charge in [0, 0.05) is 30.0 Å². The van der Waals surface area contributed by atoms with Crippen LogP contribution in [0.4, 0.5) is 5.69 Å². The molecule has 1 aromatic heterocycles. The second-order valence-corrected chi connectivity index (χ2v) is 6.19. The standard InChI is InChI=1S/C20H20N2O3/c23-19(17-3-1-2-4-18(17)20(24)25)22-16-7-5-14(6-8-16)13-15-9-11-21-12-10-15/h1-2,5-12,17-18H,3-4,13H2,(H,22,23)(H,24,25)/p-1. The van der Waals surface area contributed by atoms with Crippen molar-refractivity contribution in [3.63, 3.8) is 0 Å². The van der Waals surface area contributed by atoms with Gasteiger partial charge in [-0.15, -0.1) is 0 Å². The van der Waals surface area contributed by atoms with Gasteiger partial charge in [0.25, 0.3) is 0 Å². The number of rotatable bonds is 5. The molecule has 3 rings (SSSR count). The van der Waals surface area contributed by atoms with Crippen LogP contribution in [0.1, 0.15) is 24.0 Å². The topological polar surface area (TPSA) is 82.1 Å². The highest BCUT2D eigenvalue weighted by Crippen LogP contribution is 2.26. The summed E-state index contributed by atoms with van der Waals surface area (Å²) in [6.07, 6.45) is 8.71. The molecular weight excluding hydrogens is 316 g/mol. The highest BCUT2D eigenvalue weighted by molar-refractivity contribution is 5.95. The van der Waals surface area contributed by atoms with Gasteiger partial charge in [-0.2, -0.15) is 0 Å². The van der Waals surface area contributed by atoms with Crippen LogP contribution >= 0.6 is 0 Å². The number of anilines is 1. The molecule has 0 saturated heterocycles. The van der Waals surface area contributed by atoms with Crippen LogP contribution in [0.5, 0.6) is 0 Å². The van der Waals surface area contributed by atoms with Gasteiger partial charge < -0.3 is 15.2 Å². The molecule has 0 bridgehead atoms. The summed E-state index contributed by atoms with van der Waals surface area (Å²) in [5.74, 6) is -2.81. The Kier molecular flexibility index (Phi) is 5.23. The number of carbonyl (C=O) groups is 2. The minimum absolute atomic E-state index is 0.277. The Hall–Kier alpha value is -2.95. The molecule has 0 radical (unpaired) electrons. The third-order valence-corrected chi connectivity index (χ3v) is 4.45. The van der Waals surface area contributed by atoms with Crippen LogP contribution in [-0.2, 0) is 16.0 Å². The van der Waals surface area contributed by atoms with Crippen molar-refractivity contribution in [3.05, 3.63) is 72.1 Å². The number of amides is 1. The molecule has 1 N–H and O–H groups in total. The highest BCUT2D eigenvalue weighted by atomic mass is 16.4. The molecule has 128 valence electrons. The number of carboxylic acid groups (broad SMARTS) is 1. The zero-order chi connectivity index (χ0) is 17.6. The monoisotopic (exact) mass is 335 g/mol. The maximum absolute atomic E-state index is 12.4. The van der Waals surface area contributed by atoms with Gasteiger partial charge in [-0.1, -0.05) is 24.3 Å². The van der Waals surface area contributed by atoms with E-state index in [-0.39, 0.29) is 5.91 Å². The van der Waals surface area contributed by atoms with Gasteiger partial charge in [-0.3, -0.25) is 9.78 Å². The quantitative estimate of drug-likeness (QED) is 0.847. The fourth-order valence-electron chi connectivity index (χ4n) is 3.04. The molecule has 0 saturated carbocycles. The second-order valence-electron chi connectivity index (χ2n) is 6.19. The Morgan fingerprint density at radius 1 is 0.960 bits per heavy atom. The van der Waals surface area contributed by atoms with Gasteiger partial charge in [0.2, 0.25) is 5.91 Å². The van der Waals surface area contributed by atoms with Crippen LogP contribution in [0.3, 0.4) is 0 Å². The molecule has 2 atom stereocenters. The Morgan fingerprint density at radius 2 is 1.56 bits per heavy atom. The molecule has 5 nitrogen and oxygen atoms in total. The highest BCUT2D eigenvalue weighted by Gasteiger charge is 2.29. The number of benzene rings is 1. The number of hydrogen-bond acceptors (Lipinski definition) is 4. The Balaban J connectivity index is 1.63. The molecule has 1 aromatic carbocycles. The van der Waals surface area contributed by atoms with E-state index in [0.29, 0.717) is 18.5 Å². The van der Waals surface area contributed by atoms with E-state index < -0.39 is 17.8 Å². The number of aliphatic carboxylic acids is 1. The van der Waals surface area contributed by atoms with Gasteiger partial charge in [-0.25, -0.2) is 0 Å². The van der Waals surface area contributed by atoms with Crippen molar-refractivity contribution in [1.82, 2.24) is 4.98 Å². The fourth-order valence-corrected chi connectivity index (χ4v) is 3.04. The predicted molar refractivity (Wildman–Crippen MR) is 92.5 cm³/mol. The number of pyridine rings is 1. The lowest BCUT2D eigenvalue weighted by molar-refractivity contribution is -0.313. The van der Waals surface area contributed by atoms with Crippen molar-refractivity contribution in [2.45, 2.75) is 19.3 Å². The van der Waals surface area contributed by atoms with E-state index in [9.17, 15) is 14.7 Å². The maximum Gasteiger partial charge on any atom is 0.228 e. The van der Waals surface area contributed by atoms with Crippen molar-refractivity contribution in [3.8, 4) is 0 Å². The fraction of sp³-hybridized carbons (Fsp3) is 0.250. The molecule has 0 aliphatic heterocycles. The lowest BCUT2D eigenvalue weighted by atomic mass is 9.82. The Morgan fingerprint density at radius 3 is 2.20 bits per heavy atom. The van der Waals surface area contributed by atoms with Crippen LogP contribution in [0.2, 0.25) is 0 Å². The molecule has 1 aliphatic carbocycles. The first-order valence-electron chi connectivity index (χ1n) is 8.28. The average Bonchev–Trinajstić information content (AvgIpc) is 2.64. The molecule has 0 fully saturated rings. The zero-order valence-corrected chi connectivity index (χ0v) is 13.7. The van der Waals surface area contributed by atoms with Crippen molar-refractivity contribution in [2.75, 3.05) is 5.32 Å². The van der Waals surface area contributed by atoms with Crippen molar-refractivity contribution in [1.29, 1.82) is 0 Å². The van der Waals surface area contributed by atoms with E-state index >= 15 is 0 Å². The first-order chi connectivity index (χ1) is 12.1. The summed E-state index contributed by atoms with van der Waals surface area (Å²) in [5.41, 5.74) is 2.95. The van der Waals surface area contributed by atoms with Crippen LogP contribution in [-0.4, -0.2) is 16.9 Å². The summed E-state index contributed by atoms with van der Waals surface area (Å²) in [4.78, 5) is 27.6. The lowest BCUT2D eigenvalue weighted by Crippen LogP contribution is -2.41. The minimum Gasteiger partial charge on any atom is -0.550 e. The van der Waals surface area contributed by atoms with Crippen LogP contribution in [0.25, 0.3) is 0 Å². The van der Waals surface area contributed by atoms with Gasteiger partial charge in [0.05, 0.1) is 5.92 Å². The molecular formula is C20H19N2O3-. The Bertz CT molecular complexity index is 769. The van der Waals surface area contributed by atoms with Crippen LogP contribution < -0.4 is 10.4 Å². The summed E-state index contributed by atoms with van der Waals surface area (Å²) in [7, 11) is 0. The molecule has 5 heteroatoms. The van der Waals surface area contributed by atoms with Crippen LogP contribution in [0, 0.1) is 11.8 Å². The molecule has 1 amide bonds. The van der Waals surface area contributed by atoms with Crippen LogP contribution in [0.15, 0.2) is 60.9 Å². The number of carbonyl (C=O) groups excluding carboxylic acids is 2. The molecule has 1 heterocycles. The largest absolute Gasteiger partial charge is 0.550 e. The van der Waals surface area contributed by atoms with Crippen molar-refractivity contribution >= 4 is 17.6 Å². The van der Waals surface area contributed by atoms with Gasteiger partial charge in [-0.05, 0) is 54.7 Å². The summed E-state index contributed by atoms with van der Waals surface area (Å²) in [6.45, 7) is 0. The maximum atomic E-state index is 12.4. The van der Waals surface area contributed by atoms with E-state index in [4.69, 9.17) is 0 Å². The van der Waals surface area contributed by atoms with E-state index in [1.54, 1.807) is 18.5 Å². The summed E-state index contributed by atoms with van der Waals surface area (Å²) >= 11 is 0. The molecule has 1 aliphatic rings. The Labute approximate surface area is 146 Å². The smallest absolute Gasteiger partial charge is 0.228 e. The van der Waals surface area contributed by atoms with E-state index in [0.717, 1.165) is 17.5 Å². The third-order valence-electron chi connectivity index (χ3n) is 4.45. The number of carboxylic acids is 1. The first-order valence-corrected chi connectivity index (χ1v) is 8.28. The molecule has 0 spiro atoms.